The van der Waals surface area contributed by atoms with E-state index in [4.69, 9.17) is 10.2 Å². The zero-order valence-corrected chi connectivity index (χ0v) is 3.92. The topological polar surface area (TPSA) is 57.5 Å². The van der Waals surface area contributed by atoms with Gasteiger partial charge in [-0.25, -0.2) is 0 Å². The molecule has 0 fully saturated rings. The highest BCUT2D eigenvalue weighted by molar-refractivity contribution is 5.75. The van der Waals surface area contributed by atoms with Gasteiger partial charge in [-0.2, -0.15) is 0 Å². The SMILES string of the molecule is O=C(O)CCCO.[AlH3]. The van der Waals surface area contributed by atoms with Crippen molar-refractivity contribution >= 4 is 23.3 Å². The van der Waals surface area contributed by atoms with Gasteiger partial charge < -0.3 is 10.2 Å². The first-order valence-corrected chi connectivity index (χ1v) is 2.10. The predicted molar refractivity (Wildman–Crippen MR) is 33.9 cm³/mol. The molecule has 48 valence electrons. The smallest absolute Gasteiger partial charge is 0.303 e. The minimum Gasteiger partial charge on any atom is -0.481 e. The van der Waals surface area contributed by atoms with E-state index >= 15 is 0 Å². The Balaban J connectivity index is 0. The minimum atomic E-state index is -0.853. The summed E-state index contributed by atoms with van der Waals surface area (Å²) in [7, 11) is 0. The molecule has 0 aromatic carbocycles. The Morgan fingerprint density at radius 2 is 2.00 bits per heavy atom. The number of carboxylic acids is 1. The third-order valence-electron chi connectivity index (χ3n) is 0.549. The van der Waals surface area contributed by atoms with Crippen molar-refractivity contribution in [2.45, 2.75) is 12.8 Å². The lowest BCUT2D eigenvalue weighted by molar-refractivity contribution is -0.137. The monoisotopic (exact) mass is 134 g/mol. The fourth-order valence-electron chi connectivity index (χ4n) is 0.230. The van der Waals surface area contributed by atoms with E-state index in [1.807, 2.05) is 0 Å². The van der Waals surface area contributed by atoms with E-state index in [1.54, 1.807) is 0 Å². The highest BCUT2D eigenvalue weighted by Crippen LogP contribution is 1.83. The fraction of sp³-hybridized carbons (Fsp3) is 0.750. The molecule has 0 aromatic heterocycles. The number of rotatable bonds is 3. The molecule has 0 aliphatic carbocycles. The van der Waals surface area contributed by atoms with Crippen LogP contribution in [0.1, 0.15) is 12.8 Å². The molecule has 0 bridgehead atoms. The van der Waals surface area contributed by atoms with Crippen LogP contribution in [0.15, 0.2) is 0 Å². The predicted octanol–water partition coefficient (Wildman–Crippen LogP) is -1.34. The number of aliphatic hydroxyl groups is 1. The lowest BCUT2D eigenvalue weighted by Crippen LogP contribution is -1.95. The van der Waals surface area contributed by atoms with E-state index in [9.17, 15) is 4.79 Å². The van der Waals surface area contributed by atoms with E-state index in [2.05, 4.69) is 0 Å². The summed E-state index contributed by atoms with van der Waals surface area (Å²) in [6.07, 6.45) is 0.422. The van der Waals surface area contributed by atoms with Gasteiger partial charge in [-0.05, 0) is 6.42 Å². The second kappa shape index (κ2) is 6.96. The molecule has 0 saturated heterocycles. The molecule has 8 heavy (non-hydrogen) atoms. The molecule has 0 atom stereocenters. The van der Waals surface area contributed by atoms with Gasteiger partial charge in [0, 0.05) is 13.0 Å². The van der Waals surface area contributed by atoms with Crippen LogP contribution in [0.4, 0.5) is 0 Å². The minimum absolute atomic E-state index is 0. The molecular formula is C4H11AlO3. The average molecular weight is 134 g/mol. The zero-order valence-electron chi connectivity index (χ0n) is 3.92. The summed E-state index contributed by atoms with van der Waals surface area (Å²) in [6, 6.07) is 0. The van der Waals surface area contributed by atoms with Crippen LogP contribution in [0.5, 0.6) is 0 Å². The van der Waals surface area contributed by atoms with Gasteiger partial charge in [0.1, 0.15) is 0 Å². The van der Waals surface area contributed by atoms with Crippen molar-refractivity contribution < 1.29 is 15.0 Å². The molecule has 0 aliphatic heterocycles. The Bertz CT molecular complexity index is 64.3. The molecule has 0 saturated carbocycles. The van der Waals surface area contributed by atoms with E-state index < -0.39 is 5.97 Å². The number of hydrogen-bond donors (Lipinski definition) is 2. The summed E-state index contributed by atoms with van der Waals surface area (Å²) in [4.78, 5) is 9.65. The van der Waals surface area contributed by atoms with Crippen LogP contribution >= 0.6 is 0 Å². The summed E-state index contributed by atoms with van der Waals surface area (Å²) >= 11 is 0. The first kappa shape index (κ1) is 10.9. The van der Waals surface area contributed by atoms with Crippen LogP contribution in [0.2, 0.25) is 0 Å². The number of aliphatic hydroxyl groups excluding tert-OH is 1. The molecule has 0 spiro atoms. The third kappa shape index (κ3) is 9.35. The van der Waals surface area contributed by atoms with Crippen molar-refractivity contribution in [3.05, 3.63) is 0 Å². The van der Waals surface area contributed by atoms with Crippen LogP contribution < -0.4 is 0 Å². The van der Waals surface area contributed by atoms with Crippen molar-refractivity contribution in [2.75, 3.05) is 6.61 Å². The average Bonchev–Trinajstić information content (AvgIpc) is 1.61. The molecule has 0 unspecified atom stereocenters. The van der Waals surface area contributed by atoms with Gasteiger partial charge >= 0.3 is 5.97 Å². The third-order valence-corrected chi connectivity index (χ3v) is 0.549. The van der Waals surface area contributed by atoms with Crippen LogP contribution in [-0.4, -0.2) is 40.2 Å². The van der Waals surface area contributed by atoms with Gasteiger partial charge in [0.05, 0.1) is 0 Å². The van der Waals surface area contributed by atoms with Crippen LogP contribution in [0.25, 0.3) is 0 Å². The second-order valence-electron chi connectivity index (χ2n) is 1.22. The zero-order chi connectivity index (χ0) is 5.70. The van der Waals surface area contributed by atoms with Crippen molar-refractivity contribution in [1.29, 1.82) is 0 Å². The van der Waals surface area contributed by atoms with E-state index in [0.29, 0.717) is 6.42 Å². The van der Waals surface area contributed by atoms with Crippen LogP contribution in [0, 0.1) is 0 Å². The summed E-state index contributed by atoms with van der Waals surface area (Å²) in [5.74, 6) is -0.853. The van der Waals surface area contributed by atoms with Gasteiger partial charge in [-0.1, -0.05) is 0 Å². The summed E-state index contributed by atoms with van der Waals surface area (Å²) in [5.41, 5.74) is 0. The first-order chi connectivity index (χ1) is 3.27. The van der Waals surface area contributed by atoms with E-state index in [1.165, 1.54) is 0 Å². The Hall–Kier alpha value is -0.0375. The maximum atomic E-state index is 9.65. The largest absolute Gasteiger partial charge is 0.481 e. The van der Waals surface area contributed by atoms with Gasteiger partial charge in [0.2, 0.25) is 0 Å². The lowest BCUT2D eigenvalue weighted by Gasteiger charge is -1.85. The molecule has 4 heteroatoms. The highest BCUT2D eigenvalue weighted by atomic mass is 27.0. The maximum Gasteiger partial charge on any atom is 0.303 e. The standard InChI is InChI=1S/C4H8O3.Al.3H/c5-3-1-2-4(6)7;;;;/h5H,1-3H2,(H,6,7);;;;. The molecule has 0 radical (unpaired) electrons. The van der Waals surface area contributed by atoms with Crippen LogP contribution in [0.3, 0.4) is 0 Å². The Morgan fingerprint density at radius 1 is 1.50 bits per heavy atom. The Morgan fingerprint density at radius 3 is 2.12 bits per heavy atom. The molecule has 2 N–H and O–H groups in total. The number of aliphatic carboxylic acids is 1. The normalized spacial score (nSPS) is 7.62. The number of carboxylic acid groups (broad SMARTS) is 1. The summed E-state index contributed by atoms with van der Waals surface area (Å²) in [5, 5.41) is 16.0. The summed E-state index contributed by atoms with van der Waals surface area (Å²) < 4.78 is 0. The molecule has 0 aromatic rings. The molecule has 0 heterocycles. The van der Waals surface area contributed by atoms with Gasteiger partial charge in [0.15, 0.2) is 17.4 Å². The Kier molecular flexibility index (Phi) is 9.45. The van der Waals surface area contributed by atoms with Gasteiger partial charge in [-0.3, -0.25) is 4.79 Å². The van der Waals surface area contributed by atoms with Gasteiger partial charge in [0.25, 0.3) is 0 Å². The van der Waals surface area contributed by atoms with E-state index in [-0.39, 0.29) is 30.4 Å². The molecular weight excluding hydrogens is 123 g/mol. The molecule has 0 amide bonds. The van der Waals surface area contributed by atoms with Crippen molar-refractivity contribution in [2.24, 2.45) is 0 Å². The number of carbonyl (C=O) groups is 1. The van der Waals surface area contributed by atoms with Crippen molar-refractivity contribution in [3.63, 3.8) is 0 Å². The lowest BCUT2D eigenvalue weighted by atomic mass is 10.3. The fourth-order valence-corrected chi connectivity index (χ4v) is 0.230. The first-order valence-electron chi connectivity index (χ1n) is 2.10. The van der Waals surface area contributed by atoms with Crippen molar-refractivity contribution in [1.82, 2.24) is 0 Å². The Labute approximate surface area is 58.5 Å². The van der Waals surface area contributed by atoms with Crippen LogP contribution in [-0.2, 0) is 4.79 Å². The van der Waals surface area contributed by atoms with E-state index in [0.717, 1.165) is 0 Å². The maximum absolute atomic E-state index is 9.65. The highest BCUT2D eigenvalue weighted by Gasteiger charge is 1.91. The quantitative estimate of drug-likeness (QED) is 0.470. The molecule has 0 rings (SSSR count). The number of hydrogen-bond acceptors (Lipinski definition) is 2. The van der Waals surface area contributed by atoms with Crippen molar-refractivity contribution in [3.8, 4) is 0 Å². The van der Waals surface area contributed by atoms with Gasteiger partial charge in [-0.15, -0.1) is 0 Å². The molecule has 3 nitrogen and oxygen atoms in total. The second-order valence-corrected chi connectivity index (χ2v) is 1.22. The molecule has 0 aliphatic rings. The summed E-state index contributed by atoms with van der Waals surface area (Å²) in [6.45, 7) is -0.0354.